The Morgan fingerprint density at radius 2 is 1.68 bits per heavy atom. The van der Waals surface area contributed by atoms with Crippen LogP contribution in [0.3, 0.4) is 0 Å². The smallest absolute Gasteiger partial charge is 0.122 e. The molecule has 0 heterocycles. The second-order valence-corrected chi connectivity index (χ2v) is 5.00. The summed E-state index contributed by atoms with van der Waals surface area (Å²) in [6, 6.07) is 5.82. The van der Waals surface area contributed by atoms with Gasteiger partial charge in [0.05, 0.1) is 20.3 Å². The van der Waals surface area contributed by atoms with Crippen molar-refractivity contribution in [1.29, 1.82) is 0 Å². The molecule has 1 atom stereocenters. The molecule has 2 rings (SSSR count). The quantitative estimate of drug-likeness (QED) is 0.842. The highest BCUT2D eigenvalue weighted by Gasteiger charge is 2.15. The minimum atomic E-state index is -0.0536. The van der Waals surface area contributed by atoms with Crippen molar-refractivity contribution >= 4 is 0 Å². The standard InChI is InChI=1S/C16H23NO2/c1-18-14-9-13(10-15(11-14)19-2)16(17)12-7-5-3-4-6-8-12/h7,9-11,16H,3-6,8,17H2,1-2H3. The van der Waals surface area contributed by atoms with Gasteiger partial charge in [-0.3, -0.25) is 0 Å². The van der Waals surface area contributed by atoms with E-state index in [-0.39, 0.29) is 6.04 Å². The molecule has 3 nitrogen and oxygen atoms in total. The van der Waals surface area contributed by atoms with Crippen LogP contribution in [0.25, 0.3) is 0 Å². The molecule has 0 saturated carbocycles. The molecular formula is C16H23NO2. The Hall–Kier alpha value is -1.48. The van der Waals surface area contributed by atoms with Crippen LogP contribution in [0.1, 0.15) is 43.7 Å². The van der Waals surface area contributed by atoms with Crippen LogP contribution in [0.15, 0.2) is 29.8 Å². The predicted molar refractivity (Wildman–Crippen MR) is 77.6 cm³/mol. The van der Waals surface area contributed by atoms with E-state index < -0.39 is 0 Å². The van der Waals surface area contributed by atoms with E-state index in [2.05, 4.69) is 6.08 Å². The fraction of sp³-hybridized carbons (Fsp3) is 0.500. The van der Waals surface area contributed by atoms with Gasteiger partial charge in [0.2, 0.25) is 0 Å². The maximum atomic E-state index is 6.41. The van der Waals surface area contributed by atoms with Gasteiger partial charge in [-0.1, -0.05) is 18.1 Å². The Bertz CT molecular complexity index is 432. The van der Waals surface area contributed by atoms with Crippen LogP contribution in [0.2, 0.25) is 0 Å². The van der Waals surface area contributed by atoms with Crippen molar-refractivity contribution in [2.75, 3.05) is 14.2 Å². The molecule has 1 aliphatic carbocycles. The zero-order valence-electron chi connectivity index (χ0n) is 11.8. The summed E-state index contributed by atoms with van der Waals surface area (Å²) in [4.78, 5) is 0. The normalized spacial score (nSPS) is 17.3. The van der Waals surface area contributed by atoms with E-state index in [1.54, 1.807) is 14.2 Å². The third-order valence-electron chi connectivity index (χ3n) is 3.71. The summed E-state index contributed by atoms with van der Waals surface area (Å²) in [5.41, 5.74) is 8.81. The SMILES string of the molecule is COc1cc(OC)cc(C(N)C2=CCCCCC2)c1. The van der Waals surface area contributed by atoms with Gasteiger partial charge < -0.3 is 15.2 Å². The van der Waals surface area contributed by atoms with E-state index in [4.69, 9.17) is 15.2 Å². The van der Waals surface area contributed by atoms with Crippen molar-refractivity contribution in [2.24, 2.45) is 5.73 Å². The third-order valence-corrected chi connectivity index (χ3v) is 3.71. The van der Waals surface area contributed by atoms with Crippen molar-refractivity contribution in [1.82, 2.24) is 0 Å². The topological polar surface area (TPSA) is 44.5 Å². The number of ether oxygens (including phenoxy) is 2. The molecule has 0 aliphatic heterocycles. The second kappa shape index (κ2) is 6.62. The number of hydrogen-bond acceptors (Lipinski definition) is 3. The fourth-order valence-corrected chi connectivity index (χ4v) is 2.55. The first kappa shape index (κ1) is 13.9. The zero-order chi connectivity index (χ0) is 13.7. The van der Waals surface area contributed by atoms with Crippen LogP contribution in [0.5, 0.6) is 11.5 Å². The number of allylic oxidation sites excluding steroid dienone is 1. The van der Waals surface area contributed by atoms with Gasteiger partial charge in [0.1, 0.15) is 11.5 Å². The van der Waals surface area contributed by atoms with Crippen molar-refractivity contribution in [3.8, 4) is 11.5 Å². The molecule has 3 heteroatoms. The van der Waals surface area contributed by atoms with E-state index in [0.29, 0.717) is 0 Å². The molecule has 0 aromatic heterocycles. The maximum Gasteiger partial charge on any atom is 0.122 e. The summed E-state index contributed by atoms with van der Waals surface area (Å²) < 4.78 is 10.6. The number of methoxy groups -OCH3 is 2. The summed E-state index contributed by atoms with van der Waals surface area (Å²) in [6.45, 7) is 0. The first-order chi connectivity index (χ1) is 9.24. The molecule has 1 aromatic carbocycles. The summed E-state index contributed by atoms with van der Waals surface area (Å²) in [7, 11) is 3.32. The number of benzene rings is 1. The number of rotatable bonds is 4. The minimum absolute atomic E-state index is 0.0536. The average Bonchev–Trinajstić information content (AvgIpc) is 2.74. The van der Waals surface area contributed by atoms with E-state index in [1.807, 2.05) is 18.2 Å². The number of hydrogen-bond donors (Lipinski definition) is 1. The van der Waals surface area contributed by atoms with Gasteiger partial charge in [-0.05, 0) is 43.4 Å². The Balaban J connectivity index is 2.26. The van der Waals surface area contributed by atoms with Crippen LogP contribution >= 0.6 is 0 Å². The summed E-state index contributed by atoms with van der Waals surface area (Å²) in [6.07, 6.45) is 8.36. The highest BCUT2D eigenvalue weighted by atomic mass is 16.5. The Morgan fingerprint density at radius 3 is 2.32 bits per heavy atom. The van der Waals surface area contributed by atoms with E-state index in [9.17, 15) is 0 Å². The molecule has 0 bridgehead atoms. The third kappa shape index (κ3) is 3.51. The molecular weight excluding hydrogens is 238 g/mol. The molecule has 0 spiro atoms. The predicted octanol–water partition coefficient (Wildman–Crippen LogP) is 3.59. The lowest BCUT2D eigenvalue weighted by Gasteiger charge is -2.17. The molecule has 0 saturated heterocycles. The monoisotopic (exact) mass is 261 g/mol. The molecule has 1 unspecified atom stereocenters. The van der Waals surface area contributed by atoms with Crippen molar-refractivity contribution in [3.05, 3.63) is 35.4 Å². The molecule has 19 heavy (non-hydrogen) atoms. The summed E-state index contributed by atoms with van der Waals surface area (Å²) >= 11 is 0. The number of nitrogens with two attached hydrogens (primary N) is 1. The van der Waals surface area contributed by atoms with E-state index in [0.717, 1.165) is 29.9 Å². The molecule has 0 fully saturated rings. The van der Waals surface area contributed by atoms with Crippen LogP contribution < -0.4 is 15.2 Å². The Morgan fingerprint density at radius 1 is 1.00 bits per heavy atom. The summed E-state index contributed by atoms with van der Waals surface area (Å²) in [5, 5.41) is 0. The van der Waals surface area contributed by atoms with Gasteiger partial charge >= 0.3 is 0 Å². The van der Waals surface area contributed by atoms with Crippen LogP contribution in [-0.4, -0.2) is 14.2 Å². The van der Waals surface area contributed by atoms with Gasteiger partial charge in [0.15, 0.2) is 0 Å². The first-order valence-corrected chi connectivity index (χ1v) is 6.92. The molecule has 104 valence electrons. The highest BCUT2D eigenvalue weighted by Crippen LogP contribution is 2.32. The minimum Gasteiger partial charge on any atom is -0.497 e. The van der Waals surface area contributed by atoms with Crippen LogP contribution in [-0.2, 0) is 0 Å². The summed E-state index contributed by atoms with van der Waals surface area (Å²) in [5.74, 6) is 1.58. The maximum absolute atomic E-state index is 6.41. The van der Waals surface area contributed by atoms with Gasteiger partial charge in [-0.25, -0.2) is 0 Å². The first-order valence-electron chi connectivity index (χ1n) is 6.92. The van der Waals surface area contributed by atoms with Gasteiger partial charge in [0.25, 0.3) is 0 Å². The molecule has 2 N–H and O–H groups in total. The van der Waals surface area contributed by atoms with E-state index >= 15 is 0 Å². The largest absolute Gasteiger partial charge is 0.497 e. The molecule has 1 aromatic rings. The van der Waals surface area contributed by atoms with Gasteiger partial charge in [-0.15, -0.1) is 0 Å². The highest BCUT2D eigenvalue weighted by molar-refractivity contribution is 5.42. The lowest BCUT2D eigenvalue weighted by Crippen LogP contribution is -2.13. The van der Waals surface area contributed by atoms with Gasteiger partial charge in [-0.2, -0.15) is 0 Å². The molecule has 0 amide bonds. The fourth-order valence-electron chi connectivity index (χ4n) is 2.55. The Labute approximate surface area is 115 Å². The molecule has 1 aliphatic rings. The lowest BCUT2D eigenvalue weighted by atomic mass is 9.95. The van der Waals surface area contributed by atoms with Crippen LogP contribution in [0, 0.1) is 0 Å². The van der Waals surface area contributed by atoms with Crippen molar-refractivity contribution in [2.45, 2.75) is 38.1 Å². The van der Waals surface area contributed by atoms with Crippen molar-refractivity contribution in [3.63, 3.8) is 0 Å². The van der Waals surface area contributed by atoms with Gasteiger partial charge in [0, 0.05) is 6.07 Å². The second-order valence-electron chi connectivity index (χ2n) is 5.00. The molecule has 0 radical (unpaired) electrons. The lowest BCUT2D eigenvalue weighted by molar-refractivity contribution is 0.393. The van der Waals surface area contributed by atoms with E-state index in [1.165, 1.54) is 24.8 Å². The Kier molecular flexibility index (Phi) is 4.86. The van der Waals surface area contributed by atoms with Crippen LogP contribution in [0.4, 0.5) is 0 Å². The van der Waals surface area contributed by atoms with Crippen molar-refractivity contribution < 1.29 is 9.47 Å². The average molecular weight is 261 g/mol. The zero-order valence-corrected chi connectivity index (χ0v) is 11.8.